The highest BCUT2D eigenvalue weighted by molar-refractivity contribution is 7.13. The van der Waals surface area contributed by atoms with Crippen molar-refractivity contribution in [1.82, 2.24) is 14.6 Å². The van der Waals surface area contributed by atoms with Crippen molar-refractivity contribution in [2.75, 3.05) is 19.6 Å². The smallest absolute Gasteiger partial charge is 0.251 e. The average Bonchev–Trinajstić information content (AvgIpc) is 3.09. The Kier molecular flexibility index (Phi) is 3.62. The zero-order valence-electron chi connectivity index (χ0n) is 12.8. The Morgan fingerprint density at radius 1 is 1.45 bits per heavy atom. The van der Waals surface area contributed by atoms with Gasteiger partial charge in [0.25, 0.3) is 5.91 Å². The summed E-state index contributed by atoms with van der Waals surface area (Å²) >= 11 is 1.52. The van der Waals surface area contributed by atoms with Crippen molar-refractivity contribution in [2.45, 2.75) is 32.2 Å². The van der Waals surface area contributed by atoms with Crippen LogP contribution in [-0.4, -0.2) is 40.9 Å². The van der Waals surface area contributed by atoms with Crippen molar-refractivity contribution < 1.29 is 4.79 Å². The Bertz CT molecular complexity index is 699. The number of aryl methyl sites for hydroxylation is 1. The normalized spacial score (nSPS) is 27.2. The quantitative estimate of drug-likeness (QED) is 0.947. The third kappa shape index (κ3) is 2.52. The number of rotatable bonds is 3. The second kappa shape index (κ2) is 5.63. The Morgan fingerprint density at radius 3 is 3.18 bits per heavy atom. The van der Waals surface area contributed by atoms with Crippen LogP contribution >= 0.6 is 11.5 Å². The molecular formula is C17H21N3OS. The Labute approximate surface area is 134 Å². The number of benzene rings is 1. The molecule has 3 atom stereocenters. The molecule has 116 valence electrons. The zero-order chi connectivity index (χ0) is 15.1. The molecule has 2 bridgehead atoms. The van der Waals surface area contributed by atoms with Gasteiger partial charge in [0, 0.05) is 30.1 Å². The highest BCUT2D eigenvalue weighted by atomic mass is 32.1. The molecule has 0 radical (unpaired) electrons. The van der Waals surface area contributed by atoms with Gasteiger partial charge in [-0.15, -0.1) is 0 Å². The Hall–Kier alpha value is -1.46. The summed E-state index contributed by atoms with van der Waals surface area (Å²) in [6.45, 7) is 5.53. The number of aromatic nitrogens is 1. The first-order valence-electron chi connectivity index (χ1n) is 8.14. The molecule has 2 saturated heterocycles. The van der Waals surface area contributed by atoms with E-state index in [9.17, 15) is 4.79 Å². The number of hydrogen-bond donors (Lipinski definition) is 1. The molecule has 1 N–H and O–H groups in total. The van der Waals surface area contributed by atoms with Gasteiger partial charge in [-0.25, -0.2) is 0 Å². The monoisotopic (exact) mass is 315 g/mol. The molecule has 2 aliphatic rings. The molecule has 2 fully saturated rings. The lowest BCUT2D eigenvalue weighted by molar-refractivity contribution is 0.0909. The number of carbonyl (C=O) groups excluding carboxylic acids is 1. The second-order valence-electron chi connectivity index (χ2n) is 6.51. The number of nitrogens with one attached hydrogen (secondary N) is 1. The minimum Gasteiger partial charge on any atom is -0.348 e. The first-order chi connectivity index (χ1) is 10.7. The zero-order valence-corrected chi connectivity index (χ0v) is 13.7. The summed E-state index contributed by atoms with van der Waals surface area (Å²) in [5, 5.41) is 4.36. The van der Waals surface area contributed by atoms with Gasteiger partial charge in [-0.2, -0.15) is 4.37 Å². The van der Waals surface area contributed by atoms with E-state index in [-0.39, 0.29) is 5.91 Å². The number of fused-ring (bicyclic) bond motifs is 3. The number of piperidine rings is 1. The highest BCUT2D eigenvalue weighted by Gasteiger charge is 2.32. The van der Waals surface area contributed by atoms with Crippen molar-refractivity contribution >= 4 is 27.5 Å². The molecule has 3 heterocycles. The fraction of sp³-hybridized carbons (Fsp3) is 0.529. The molecule has 2 aliphatic heterocycles. The summed E-state index contributed by atoms with van der Waals surface area (Å²) in [7, 11) is 0. The number of hydrogen-bond acceptors (Lipinski definition) is 4. The lowest BCUT2D eigenvalue weighted by Gasteiger charge is -2.30. The topological polar surface area (TPSA) is 45.2 Å². The van der Waals surface area contributed by atoms with Crippen LogP contribution in [0.25, 0.3) is 10.1 Å². The molecule has 0 saturated carbocycles. The van der Waals surface area contributed by atoms with E-state index in [1.54, 1.807) is 0 Å². The van der Waals surface area contributed by atoms with Gasteiger partial charge in [-0.05, 0) is 61.5 Å². The predicted molar refractivity (Wildman–Crippen MR) is 89.4 cm³/mol. The highest BCUT2D eigenvalue weighted by Crippen LogP contribution is 2.27. The van der Waals surface area contributed by atoms with Gasteiger partial charge in [0.15, 0.2) is 0 Å². The van der Waals surface area contributed by atoms with E-state index in [1.807, 2.05) is 18.2 Å². The molecule has 1 aromatic carbocycles. The number of nitrogens with zero attached hydrogens (tertiary/aromatic N) is 2. The maximum atomic E-state index is 12.6. The van der Waals surface area contributed by atoms with Crippen molar-refractivity contribution in [1.29, 1.82) is 0 Å². The van der Waals surface area contributed by atoms with Crippen molar-refractivity contribution in [3.8, 4) is 0 Å². The maximum absolute atomic E-state index is 12.6. The van der Waals surface area contributed by atoms with Gasteiger partial charge in [-0.1, -0.05) is 6.92 Å². The molecule has 1 amide bonds. The molecule has 1 aromatic heterocycles. The van der Waals surface area contributed by atoms with Gasteiger partial charge < -0.3 is 10.2 Å². The predicted octanol–water partition coefficient (Wildman–Crippen LogP) is 2.68. The lowest BCUT2D eigenvalue weighted by atomic mass is 9.96. The van der Waals surface area contributed by atoms with Gasteiger partial charge in [0.05, 0.1) is 10.4 Å². The van der Waals surface area contributed by atoms with Gasteiger partial charge in [-0.3, -0.25) is 4.79 Å². The fourth-order valence-electron chi connectivity index (χ4n) is 3.82. The van der Waals surface area contributed by atoms with Crippen LogP contribution in [0, 0.1) is 5.92 Å². The Balaban J connectivity index is 1.52. The molecular weight excluding hydrogens is 294 g/mol. The molecule has 4 nitrogen and oxygen atoms in total. The van der Waals surface area contributed by atoms with Crippen LogP contribution in [0.1, 0.15) is 35.8 Å². The SMILES string of the molecule is CCc1nsc2ccc(C(=O)N[C@@H]3C[C@H]4CCN(C4)C3)cc12. The lowest BCUT2D eigenvalue weighted by Crippen LogP contribution is -2.47. The molecule has 5 heteroatoms. The van der Waals surface area contributed by atoms with Gasteiger partial charge in [0.1, 0.15) is 0 Å². The minimum atomic E-state index is 0.0580. The molecule has 0 aliphatic carbocycles. The van der Waals surface area contributed by atoms with E-state index >= 15 is 0 Å². The Morgan fingerprint density at radius 2 is 2.36 bits per heavy atom. The van der Waals surface area contributed by atoms with Gasteiger partial charge >= 0.3 is 0 Å². The average molecular weight is 315 g/mol. The van der Waals surface area contributed by atoms with Crippen LogP contribution in [0.5, 0.6) is 0 Å². The van der Waals surface area contributed by atoms with Crippen LogP contribution in [0.3, 0.4) is 0 Å². The van der Waals surface area contributed by atoms with Crippen molar-refractivity contribution in [3.63, 3.8) is 0 Å². The summed E-state index contributed by atoms with van der Waals surface area (Å²) in [6.07, 6.45) is 3.33. The standard InChI is InChI=1S/C17H21N3OS/c1-2-15-14-8-12(3-4-16(14)22-19-15)17(21)18-13-7-11-5-6-20(9-11)10-13/h3-4,8,11,13H,2,5-7,9-10H2,1H3,(H,18,21)/t11-,13-/m1/s1. The molecule has 2 aromatic rings. The van der Waals surface area contributed by atoms with E-state index in [0.717, 1.165) is 46.6 Å². The fourth-order valence-corrected chi connectivity index (χ4v) is 4.66. The van der Waals surface area contributed by atoms with E-state index in [1.165, 1.54) is 31.0 Å². The summed E-state index contributed by atoms with van der Waals surface area (Å²) in [6, 6.07) is 6.25. The number of carbonyl (C=O) groups is 1. The first kappa shape index (κ1) is 14.2. The largest absolute Gasteiger partial charge is 0.348 e. The molecule has 22 heavy (non-hydrogen) atoms. The number of amides is 1. The van der Waals surface area contributed by atoms with Crippen molar-refractivity contribution in [3.05, 3.63) is 29.5 Å². The van der Waals surface area contributed by atoms with Crippen LogP contribution in [-0.2, 0) is 6.42 Å². The van der Waals surface area contributed by atoms with E-state index in [0.29, 0.717) is 6.04 Å². The summed E-state index contributed by atoms with van der Waals surface area (Å²) in [5.41, 5.74) is 1.85. The third-order valence-corrected chi connectivity index (χ3v) is 5.81. The van der Waals surface area contributed by atoms with E-state index < -0.39 is 0 Å². The van der Waals surface area contributed by atoms with Crippen LogP contribution < -0.4 is 5.32 Å². The van der Waals surface area contributed by atoms with Crippen LogP contribution in [0.4, 0.5) is 0 Å². The molecule has 0 spiro atoms. The second-order valence-corrected chi connectivity index (χ2v) is 7.32. The summed E-state index contributed by atoms with van der Waals surface area (Å²) in [4.78, 5) is 15.0. The van der Waals surface area contributed by atoms with E-state index in [4.69, 9.17) is 0 Å². The first-order valence-corrected chi connectivity index (χ1v) is 8.92. The third-order valence-electron chi connectivity index (χ3n) is 4.94. The van der Waals surface area contributed by atoms with Gasteiger partial charge in [0.2, 0.25) is 0 Å². The van der Waals surface area contributed by atoms with E-state index in [2.05, 4.69) is 21.5 Å². The molecule has 4 rings (SSSR count). The minimum absolute atomic E-state index is 0.0580. The molecule has 1 unspecified atom stereocenters. The summed E-state index contributed by atoms with van der Waals surface area (Å²) in [5.74, 6) is 0.831. The maximum Gasteiger partial charge on any atom is 0.251 e. The van der Waals surface area contributed by atoms with Crippen LogP contribution in [0.15, 0.2) is 18.2 Å². The van der Waals surface area contributed by atoms with Crippen LogP contribution in [0.2, 0.25) is 0 Å². The van der Waals surface area contributed by atoms with Crippen molar-refractivity contribution in [2.24, 2.45) is 5.92 Å². The summed E-state index contributed by atoms with van der Waals surface area (Å²) < 4.78 is 5.62.